The second-order valence-corrected chi connectivity index (χ2v) is 4.34. The van der Waals surface area contributed by atoms with Crippen LogP contribution in [0, 0.1) is 0 Å². The third-order valence-corrected chi connectivity index (χ3v) is 2.69. The number of morpholine rings is 1. The molecule has 86 valence electrons. The number of amides is 2. The van der Waals surface area contributed by atoms with E-state index in [0.29, 0.717) is 32.0 Å². The average molecular weight is 286 g/mol. The number of aromatic nitrogens is 1. The highest BCUT2D eigenvalue weighted by atomic mass is 79.9. The molecule has 1 aromatic rings. The van der Waals surface area contributed by atoms with Crippen molar-refractivity contribution in [3.8, 4) is 0 Å². The van der Waals surface area contributed by atoms with Crippen LogP contribution in [-0.2, 0) is 4.74 Å². The zero-order valence-corrected chi connectivity index (χ0v) is 10.2. The largest absolute Gasteiger partial charge is 0.378 e. The molecule has 1 aromatic heterocycles. The predicted molar refractivity (Wildman–Crippen MR) is 63.3 cm³/mol. The smallest absolute Gasteiger partial charge is 0.322 e. The molecule has 0 radical (unpaired) electrons. The first-order chi connectivity index (χ1) is 7.75. The van der Waals surface area contributed by atoms with E-state index in [-0.39, 0.29) is 6.03 Å². The summed E-state index contributed by atoms with van der Waals surface area (Å²) in [5.41, 5.74) is 0.686. The molecule has 5 nitrogen and oxygen atoms in total. The average Bonchev–Trinajstić information content (AvgIpc) is 2.30. The summed E-state index contributed by atoms with van der Waals surface area (Å²) in [4.78, 5) is 17.5. The SMILES string of the molecule is O=C(Nc1cncc(Br)c1)N1CCOCC1. The highest BCUT2D eigenvalue weighted by molar-refractivity contribution is 9.10. The Morgan fingerprint density at radius 3 is 2.88 bits per heavy atom. The van der Waals surface area contributed by atoms with Gasteiger partial charge in [0.1, 0.15) is 0 Å². The van der Waals surface area contributed by atoms with Crippen LogP contribution in [0.4, 0.5) is 10.5 Å². The fourth-order valence-corrected chi connectivity index (χ4v) is 1.81. The Labute approximate surface area is 102 Å². The zero-order chi connectivity index (χ0) is 11.4. The summed E-state index contributed by atoms with van der Waals surface area (Å²) in [7, 11) is 0. The molecule has 0 aliphatic carbocycles. The lowest BCUT2D eigenvalue weighted by Gasteiger charge is -2.26. The maximum absolute atomic E-state index is 11.8. The highest BCUT2D eigenvalue weighted by Gasteiger charge is 2.16. The maximum Gasteiger partial charge on any atom is 0.322 e. The Hall–Kier alpha value is -1.14. The van der Waals surface area contributed by atoms with E-state index in [9.17, 15) is 4.79 Å². The molecule has 1 aliphatic rings. The molecule has 0 unspecified atom stereocenters. The van der Waals surface area contributed by atoms with Gasteiger partial charge in [0.25, 0.3) is 0 Å². The molecular weight excluding hydrogens is 274 g/mol. The lowest BCUT2D eigenvalue weighted by Crippen LogP contribution is -2.43. The van der Waals surface area contributed by atoms with Gasteiger partial charge in [-0.1, -0.05) is 0 Å². The van der Waals surface area contributed by atoms with E-state index in [2.05, 4.69) is 26.2 Å². The van der Waals surface area contributed by atoms with Crippen LogP contribution >= 0.6 is 15.9 Å². The van der Waals surface area contributed by atoms with E-state index < -0.39 is 0 Å². The van der Waals surface area contributed by atoms with Crippen molar-refractivity contribution in [1.29, 1.82) is 0 Å². The number of carbonyl (C=O) groups is 1. The molecule has 2 heterocycles. The number of rotatable bonds is 1. The second-order valence-electron chi connectivity index (χ2n) is 3.42. The molecule has 6 heteroatoms. The van der Waals surface area contributed by atoms with Crippen LogP contribution in [0.2, 0.25) is 0 Å². The Balaban J connectivity index is 1.96. The Morgan fingerprint density at radius 1 is 1.44 bits per heavy atom. The second kappa shape index (κ2) is 5.27. The zero-order valence-electron chi connectivity index (χ0n) is 8.65. The van der Waals surface area contributed by atoms with Crippen molar-refractivity contribution in [2.75, 3.05) is 31.6 Å². The molecule has 0 spiro atoms. The molecule has 0 bridgehead atoms. The minimum Gasteiger partial charge on any atom is -0.378 e. The molecule has 0 aromatic carbocycles. The number of halogens is 1. The van der Waals surface area contributed by atoms with Crippen molar-refractivity contribution in [3.05, 3.63) is 22.9 Å². The van der Waals surface area contributed by atoms with E-state index in [1.807, 2.05) is 6.07 Å². The third-order valence-electron chi connectivity index (χ3n) is 2.25. The molecule has 16 heavy (non-hydrogen) atoms. The van der Waals surface area contributed by atoms with Gasteiger partial charge in [0.05, 0.1) is 25.1 Å². The fourth-order valence-electron chi connectivity index (χ4n) is 1.45. The number of ether oxygens (including phenoxy) is 1. The van der Waals surface area contributed by atoms with Gasteiger partial charge in [0.15, 0.2) is 0 Å². The summed E-state index contributed by atoms with van der Waals surface area (Å²) in [6, 6.07) is 1.70. The van der Waals surface area contributed by atoms with E-state index in [1.54, 1.807) is 17.3 Å². The Kier molecular flexibility index (Phi) is 3.74. The van der Waals surface area contributed by atoms with Crippen molar-refractivity contribution in [3.63, 3.8) is 0 Å². The van der Waals surface area contributed by atoms with E-state index in [0.717, 1.165) is 4.47 Å². The van der Waals surface area contributed by atoms with E-state index in [1.165, 1.54) is 0 Å². The van der Waals surface area contributed by atoms with Crippen LogP contribution in [0.25, 0.3) is 0 Å². The van der Waals surface area contributed by atoms with Crippen LogP contribution in [-0.4, -0.2) is 42.2 Å². The fraction of sp³-hybridized carbons (Fsp3) is 0.400. The summed E-state index contributed by atoms with van der Waals surface area (Å²) in [6.45, 7) is 2.47. The van der Waals surface area contributed by atoms with Gasteiger partial charge in [0.2, 0.25) is 0 Å². The number of urea groups is 1. The summed E-state index contributed by atoms with van der Waals surface area (Å²) in [5, 5.41) is 2.79. The van der Waals surface area contributed by atoms with Gasteiger partial charge in [-0.25, -0.2) is 4.79 Å². The normalized spacial score (nSPS) is 15.9. The Bertz CT molecular complexity index is 380. The summed E-state index contributed by atoms with van der Waals surface area (Å²) >= 11 is 3.30. The van der Waals surface area contributed by atoms with Crippen molar-refractivity contribution >= 4 is 27.6 Å². The highest BCUT2D eigenvalue weighted by Crippen LogP contribution is 2.14. The van der Waals surface area contributed by atoms with Crippen LogP contribution in [0.3, 0.4) is 0 Å². The molecule has 1 fully saturated rings. The maximum atomic E-state index is 11.8. The van der Waals surface area contributed by atoms with Crippen LogP contribution in [0.5, 0.6) is 0 Å². The number of carbonyl (C=O) groups excluding carboxylic acids is 1. The third kappa shape index (κ3) is 2.93. The van der Waals surface area contributed by atoms with Gasteiger partial charge in [-0.15, -0.1) is 0 Å². The van der Waals surface area contributed by atoms with Gasteiger partial charge >= 0.3 is 6.03 Å². The molecule has 2 amide bonds. The number of pyridine rings is 1. The monoisotopic (exact) mass is 285 g/mol. The predicted octanol–water partition coefficient (Wildman–Crippen LogP) is 1.71. The lowest BCUT2D eigenvalue weighted by molar-refractivity contribution is 0.0564. The summed E-state index contributed by atoms with van der Waals surface area (Å²) < 4.78 is 6.02. The molecule has 0 atom stereocenters. The molecule has 1 saturated heterocycles. The van der Waals surface area contributed by atoms with Gasteiger partial charge in [-0.3, -0.25) is 4.98 Å². The van der Waals surface area contributed by atoms with Crippen LogP contribution < -0.4 is 5.32 Å². The van der Waals surface area contributed by atoms with E-state index >= 15 is 0 Å². The number of anilines is 1. The molecule has 1 aliphatic heterocycles. The molecule has 0 saturated carbocycles. The number of nitrogens with zero attached hydrogens (tertiary/aromatic N) is 2. The van der Waals surface area contributed by atoms with Crippen molar-refractivity contribution in [2.45, 2.75) is 0 Å². The van der Waals surface area contributed by atoms with Crippen molar-refractivity contribution in [2.24, 2.45) is 0 Å². The molecule has 2 rings (SSSR count). The number of hydrogen-bond donors (Lipinski definition) is 1. The standard InChI is InChI=1S/C10H12BrN3O2/c11-8-5-9(7-12-6-8)13-10(15)14-1-3-16-4-2-14/h5-7H,1-4H2,(H,13,15). The van der Waals surface area contributed by atoms with Crippen LogP contribution in [0.1, 0.15) is 0 Å². The quantitative estimate of drug-likeness (QED) is 0.855. The molecule has 1 N–H and O–H groups in total. The van der Waals surface area contributed by atoms with Gasteiger partial charge < -0.3 is 15.0 Å². The first-order valence-corrected chi connectivity index (χ1v) is 5.79. The first kappa shape index (κ1) is 11.3. The summed E-state index contributed by atoms with van der Waals surface area (Å²) in [5.74, 6) is 0. The van der Waals surface area contributed by atoms with Gasteiger partial charge in [-0.05, 0) is 22.0 Å². The molecular formula is C10H12BrN3O2. The Morgan fingerprint density at radius 2 is 2.19 bits per heavy atom. The number of nitrogens with one attached hydrogen (secondary N) is 1. The van der Waals surface area contributed by atoms with Crippen LogP contribution in [0.15, 0.2) is 22.9 Å². The van der Waals surface area contributed by atoms with Gasteiger partial charge in [-0.2, -0.15) is 0 Å². The van der Waals surface area contributed by atoms with Crippen molar-refractivity contribution < 1.29 is 9.53 Å². The summed E-state index contributed by atoms with van der Waals surface area (Å²) in [6.07, 6.45) is 3.29. The van der Waals surface area contributed by atoms with Gasteiger partial charge in [0, 0.05) is 23.8 Å². The van der Waals surface area contributed by atoms with Crippen molar-refractivity contribution in [1.82, 2.24) is 9.88 Å². The minimum absolute atomic E-state index is 0.108. The minimum atomic E-state index is -0.108. The number of hydrogen-bond acceptors (Lipinski definition) is 3. The lowest BCUT2D eigenvalue weighted by atomic mass is 10.4. The first-order valence-electron chi connectivity index (χ1n) is 5.00. The topological polar surface area (TPSA) is 54.5 Å². The van der Waals surface area contributed by atoms with E-state index in [4.69, 9.17) is 4.74 Å².